The summed E-state index contributed by atoms with van der Waals surface area (Å²) < 4.78 is 45.7. The first kappa shape index (κ1) is 39.3. The second-order valence-corrected chi connectivity index (χ2v) is 18.9. The van der Waals surface area contributed by atoms with Crippen molar-refractivity contribution in [3.8, 4) is 22.8 Å². The number of alkyl carbamates (subject to hydrolysis) is 1. The van der Waals surface area contributed by atoms with Crippen molar-refractivity contribution >= 4 is 44.7 Å². The Labute approximate surface area is 327 Å². The lowest BCUT2D eigenvalue weighted by Crippen LogP contribution is -2.60. The van der Waals surface area contributed by atoms with Crippen molar-refractivity contribution in [1.82, 2.24) is 25.2 Å². The van der Waals surface area contributed by atoms with E-state index >= 15 is 0 Å². The Kier molecular flexibility index (Phi) is 10.2. The number of sulfonamides is 1. The Morgan fingerprint density at radius 2 is 1.71 bits per heavy atom. The minimum absolute atomic E-state index is 0.0167. The number of benzene rings is 2. The first-order chi connectivity index (χ1) is 26.4. The molecule has 4 aliphatic rings. The molecule has 3 N–H and O–H groups in total. The van der Waals surface area contributed by atoms with Crippen LogP contribution in [0.4, 0.5) is 4.79 Å². The van der Waals surface area contributed by atoms with Crippen molar-refractivity contribution in [1.29, 1.82) is 0 Å². The van der Waals surface area contributed by atoms with Crippen molar-refractivity contribution in [3.63, 3.8) is 0 Å². The van der Waals surface area contributed by atoms with Crippen LogP contribution in [0.1, 0.15) is 79.6 Å². The highest BCUT2D eigenvalue weighted by Crippen LogP contribution is 2.68. The van der Waals surface area contributed by atoms with E-state index in [1.165, 1.54) is 4.90 Å². The molecular formula is C41H51N5O9S. The van der Waals surface area contributed by atoms with Gasteiger partial charge in [0.15, 0.2) is 0 Å². The van der Waals surface area contributed by atoms with Gasteiger partial charge in [-0.3, -0.25) is 19.1 Å². The summed E-state index contributed by atoms with van der Waals surface area (Å²) in [4.78, 5) is 62.2. The molecule has 300 valence electrons. The number of rotatable bonds is 12. The SMILES string of the molecule is COc1ccc2c(OC3CC(C(=O)NC4(C(=O)NS(=O)(=O)C5CC5)CC45CCC5)N(C(=O)C(NC(=O)OC(C)(C)C)C(C)C)C3)cc(-c3ccccc3)nc2c1. The number of hydrogen-bond donors (Lipinski definition) is 3. The van der Waals surface area contributed by atoms with Crippen molar-refractivity contribution in [2.75, 3.05) is 13.7 Å². The van der Waals surface area contributed by atoms with E-state index in [2.05, 4.69) is 15.4 Å². The topological polar surface area (TPSA) is 182 Å². The first-order valence-electron chi connectivity index (χ1n) is 19.3. The quantitative estimate of drug-likeness (QED) is 0.230. The van der Waals surface area contributed by atoms with E-state index in [0.29, 0.717) is 60.2 Å². The summed E-state index contributed by atoms with van der Waals surface area (Å²) in [5.74, 6) is -1.15. The van der Waals surface area contributed by atoms with Crippen LogP contribution < -0.4 is 24.8 Å². The van der Waals surface area contributed by atoms with Gasteiger partial charge in [-0.2, -0.15) is 0 Å². The molecule has 4 unspecified atom stereocenters. The number of nitrogens with zero attached hydrogens (tertiary/aromatic N) is 2. The van der Waals surface area contributed by atoms with E-state index in [1.54, 1.807) is 47.8 Å². The molecule has 4 atom stereocenters. The number of likely N-dealkylation sites (tertiary alicyclic amines) is 1. The highest BCUT2D eigenvalue weighted by molar-refractivity contribution is 7.91. The molecule has 2 heterocycles. The van der Waals surface area contributed by atoms with E-state index in [0.717, 1.165) is 12.0 Å². The smallest absolute Gasteiger partial charge is 0.408 e. The Morgan fingerprint density at radius 3 is 2.30 bits per heavy atom. The molecule has 7 rings (SSSR count). The lowest BCUT2D eigenvalue weighted by atomic mass is 9.77. The number of pyridine rings is 1. The summed E-state index contributed by atoms with van der Waals surface area (Å²) in [7, 11) is -2.30. The molecule has 3 aliphatic carbocycles. The highest BCUT2D eigenvalue weighted by atomic mass is 32.2. The number of fused-ring (bicyclic) bond motifs is 1. The fourth-order valence-electron chi connectivity index (χ4n) is 8.04. The molecular weight excluding hydrogens is 739 g/mol. The second-order valence-electron chi connectivity index (χ2n) is 17.0. The fourth-order valence-corrected chi connectivity index (χ4v) is 9.39. The molecule has 3 saturated carbocycles. The van der Waals surface area contributed by atoms with E-state index in [1.807, 2.05) is 48.5 Å². The van der Waals surface area contributed by atoms with Gasteiger partial charge in [-0.05, 0) is 70.9 Å². The minimum Gasteiger partial charge on any atom is -0.497 e. The number of hydrogen-bond acceptors (Lipinski definition) is 10. The van der Waals surface area contributed by atoms with Crippen LogP contribution >= 0.6 is 0 Å². The van der Waals surface area contributed by atoms with Crippen molar-refractivity contribution in [3.05, 3.63) is 54.6 Å². The van der Waals surface area contributed by atoms with Gasteiger partial charge in [-0.15, -0.1) is 0 Å². The predicted molar refractivity (Wildman–Crippen MR) is 208 cm³/mol. The summed E-state index contributed by atoms with van der Waals surface area (Å²) in [5.41, 5.74) is -0.651. The molecule has 0 bridgehead atoms. The Balaban J connectivity index is 1.21. The zero-order valence-electron chi connectivity index (χ0n) is 32.7. The van der Waals surface area contributed by atoms with Crippen LogP contribution in [0.15, 0.2) is 54.6 Å². The summed E-state index contributed by atoms with van der Waals surface area (Å²) >= 11 is 0. The Hall–Kier alpha value is -4.92. The average molecular weight is 790 g/mol. The van der Waals surface area contributed by atoms with Crippen LogP contribution in [0.2, 0.25) is 0 Å². The molecule has 1 spiro atoms. The maximum Gasteiger partial charge on any atom is 0.408 e. The molecule has 4 amide bonds. The van der Waals surface area contributed by atoms with Crippen LogP contribution in [0.25, 0.3) is 22.2 Å². The van der Waals surface area contributed by atoms with E-state index in [9.17, 15) is 27.6 Å². The maximum absolute atomic E-state index is 14.6. The van der Waals surface area contributed by atoms with Crippen molar-refractivity contribution < 1.29 is 41.8 Å². The fraction of sp³-hybridized carbons (Fsp3) is 0.537. The van der Waals surface area contributed by atoms with Crippen LogP contribution in [-0.4, -0.2) is 90.3 Å². The van der Waals surface area contributed by atoms with Crippen LogP contribution in [0.5, 0.6) is 11.5 Å². The normalized spacial score (nSPS) is 23.2. The molecule has 0 radical (unpaired) electrons. The number of carbonyl (C=O) groups is 4. The molecule has 15 heteroatoms. The van der Waals surface area contributed by atoms with Gasteiger partial charge in [0, 0.05) is 34.9 Å². The van der Waals surface area contributed by atoms with E-state index < -0.39 is 79.7 Å². The maximum atomic E-state index is 14.6. The summed E-state index contributed by atoms with van der Waals surface area (Å²) in [6, 6.07) is 14.7. The second kappa shape index (κ2) is 14.5. The summed E-state index contributed by atoms with van der Waals surface area (Å²) in [6.45, 7) is 8.71. The van der Waals surface area contributed by atoms with Gasteiger partial charge >= 0.3 is 6.09 Å². The van der Waals surface area contributed by atoms with Gasteiger partial charge in [0.1, 0.15) is 40.8 Å². The third-order valence-electron chi connectivity index (χ3n) is 11.4. The molecule has 4 fully saturated rings. The highest BCUT2D eigenvalue weighted by Gasteiger charge is 2.75. The molecule has 56 heavy (non-hydrogen) atoms. The number of carbonyl (C=O) groups excluding carboxylic acids is 4. The molecule has 2 aromatic carbocycles. The Bertz CT molecular complexity index is 2150. The summed E-state index contributed by atoms with van der Waals surface area (Å²) in [5, 5.41) is 5.75. The number of aromatic nitrogens is 1. The molecule has 1 aliphatic heterocycles. The molecule has 1 aromatic heterocycles. The minimum atomic E-state index is -3.88. The van der Waals surface area contributed by atoms with E-state index in [-0.39, 0.29) is 13.0 Å². The third kappa shape index (κ3) is 7.74. The molecule has 14 nitrogen and oxygen atoms in total. The van der Waals surface area contributed by atoms with Gasteiger partial charge < -0.3 is 29.7 Å². The molecule has 3 aromatic rings. The lowest BCUT2D eigenvalue weighted by molar-refractivity contribution is -0.142. The lowest BCUT2D eigenvalue weighted by Gasteiger charge is -2.35. The van der Waals surface area contributed by atoms with Crippen molar-refractivity contribution in [2.45, 2.75) is 114 Å². The number of amides is 4. The predicted octanol–water partition coefficient (Wildman–Crippen LogP) is 4.85. The zero-order valence-corrected chi connectivity index (χ0v) is 33.5. The van der Waals surface area contributed by atoms with Gasteiger partial charge in [-0.1, -0.05) is 50.6 Å². The molecule has 1 saturated heterocycles. The van der Waals surface area contributed by atoms with Crippen molar-refractivity contribution in [2.24, 2.45) is 11.3 Å². The van der Waals surface area contributed by atoms with Gasteiger partial charge in [-0.25, -0.2) is 18.2 Å². The largest absolute Gasteiger partial charge is 0.497 e. The number of ether oxygens (including phenoxy) is 3. The average Bonchev–Trinajstić information content (AvgIpc) is 4.05. The Morgan fingerprint density at radius 1 is 1.00 bits per heavy atom. The van der Waals surface area contributed by atoms with Crippen LogP contribution in [0.3, 0.4) is 0 Å². The number of methoxy groups -OCH3 is 1. The van der Waals surface area contributed by atoms with E-state index in [4.69, 9.17) is 19.2 Å². The van der Waals surface area contributed by atoms with Gasteiger partial charge in [0.05, 0.1) is 30.1 Å². The monoisotopic (exact) mass is 789 g/mol. The van der Waals surface area contributed by atoms with Crippen LogP contribution in [-0.2, 0) is 29.1 Å². The summed E-state index contributed by atoms with van der Waals surface area (Å²) in [6.07, 6.45) is 2.05. The number of nitrogens with one attached hydrogen (secondary N) is 3. The first-order valence-corrected chi connectivity index (χ1v) is 20.9. The van der Waals surface area contributed by atoms with Gasteiger partial charge in [0.25, 0.3) is 5.91 Å². The van der Waals surface area contributed by atoms with Crippen LogP contribution in [0, 0.1) is 11.3 Å². The third-order valence-corrected chi connectivity index (χ3v) is 13.2. The van der Waals surface area contributed by atoms with Gasteiger partial charge in [0.2, 0.25) is 21.8 Å². The standard InChI is InChI=1S/C41H51N5O9S/c1-24(2)34(43-38(50)55-39(3,4)5)36(48)46-22-27(54-33-21-30(25-11-8-7-9-12-25)42-31-19-26(53-6)13-16-29(31)33)20-32(46)35(47)44-41(23-40(41)17-10-18-40)37(49)45-56(51,52)28-14-15-28/h7-9,11-13,16,19,21,24,27-28,32,34H,10,14-15,17-18,20,22-23H2,1-6H3,(H,43,50)(H,44,47)(H,45,49). The zero-order chi connectivity index (χ0) is 40.2.